The van der Waals surface area contributed by atoms with E-state index in [0.717, 1.165) is 35.6 Å². The van der Waals surface area contributed by atoms with Crippen molar-refractivity contribution < 1.29 is 0 Å². The topological polar surface area (TPSA) is 38.7 Å². The third-order valence-corrected chi connectivity index (χ3v) is 7.11. The number of hydrogen-bond donors (Lipinski definition) is 0. The first-order valence-corrected chi connectivity index (χ1v) is 10.8. The van der Waals surface area contributed by atoms with Gasteiger partial charge in [-0.1, -0.05) is 20.3 Å². The molecule has 0 N–H and O–H groups in total. The molecule has 0 saturated carbocycles. The van der Waals surface area contributed by atoms with Gasteiger partial charge in [0.15, 0.2) is 0 Å². The number of aromatic nitrogens is 3. The van der Waals surface area contributed by atoms with Crippen molar-refractivity contribution in [2.75, 3.05) is 5.75 Å². The summed E-state index contributed by atoms with van der Waals surface area (Å²) in [5.41, 5.74) is 5.53. The summed E-state index contributed by atoms with van der Waals surface area (Å²) in [6, 6.07) is 0. The van der Waals surface area contributed by atoms with Crippen LogP contribution in [0.25, 0.3) is 20.4 Å². The molecule has 0 aromatic carbocycles. The van der Waals surface area contributed by atoms with Crippen LogP contribution in [0.4, 0.5) is 0 Å². The van der Waals surface area contributed by atoms with Crippen LogP contribution in [0.1, 0.15) is 56.4 Å². The van der Waals surface area contributed by atoms with Gasteiger partial charge in [0.25, 0.3) is 0 Å². The monoisotopic (exact) mass is 357 g/mol. The van der Waals surface area contributed by atoms with Gasteiger partial charge >= 0.3 is 0 Å². The van der Waals surface area contributed by atoms with Gasteiger partial charge in [-0.2, -0.15) is 0 Å². The molecule has 0 unspecified atom stereocenters. The molecule has 126 valence electrons. The number of fused-ring (bicyclic) bond motifs is 5. The summed E-state index contributed by atoms with van der Waals surface area (Å²) in [5.74, 6) is 1.10. The summed E-state index contributed by atoms with van der Waals surface area (Å²) in [7, 11) is 0. The zero-order valence-corrected chi connectivity index (χ0v) is 16.0. The van der Waals surface area contributed by atoms with Crippen LogP contribution in [0.3, 0.4) is 0 Å². The van der Waals surface area contributed by atoms with Gasteiger partial charge in [-0.3, -0.25) is 0 Å². The number of pyridine rings is 1. The zero-order valence-electron chi connectivity index (χ0n) is 14.4. The van der Waals surface area contributed by atoms with Gasteiger partial charge in [0.2, 0.25) is 0 Å². The first kappa shape index (κ1) is 16.3. The highest BCUT2D eigenvalue weighted by molar-refractivity contribution is 7.99. The minimum absolute atomic E-state index is 1.09. The Balaban J connectivity index is 1.98. The standard InChI is InChI=1S/C19H23N3S2/c1-3-7-14-12-8-5-6-9-13(12)15-16-17(24-18(15)22-14)19(21-11-20-16)23-10-4-2/h11H,3-10H2,1-2H3. The highest BCUT2D eigenvalue weighted by Gasteiger charge is 2.22. The molecule has 3 aromatic heterocycles. The molecule has 0 aliphatic heterocycles. The molecule has 24 heavy (non-hydrogen) atoms. The second kappa shape index (κ2) is 6.96. The number of hydrogen-bond acceptors (Lipinski definition) is 5. The fourth-order valence-corrected chi connectivity index (χ4v) is 5.77. The summed E-state index contributed by atoms with van der Waals surface area (Å²) in [6.45, 7) is 4.46. The lowest BCUT2D eigenvalue weighted by Crippen LogP contribution is -2.09. The highest BCUT2D eigenvalue weighted by Crippen LogP contribution is 2.41. The van der Waals surface area contributed by atoms with Crippen molar-refractivity contribution in [3.63, 3.8) is 0 Å². The van der Waals surface area contributed by atoms with E-state index in [2.05, 4.69) is 23.8 Å². The van der Waals surface area contributed by atoms with Crippen molar-refractivity contribution in [1.29, 1.82) is 0 Å². The van der Waals surface area contributed by atoms with E-state index in [4.69, 9.17) is 4.98 Å². The van der Waals surface area contributed by atoms with E-state index in [1.54, 1.807) is 17.7 Å². The third-order valence-electron chi connectivity index (χ3n) is 4.70. The lowest BCUT2D eigenvalue weighted by atomic mass is 9.88. The smallest absolute Gasteiger partial charge is 0.126 e. The van der Waals surface area contributed by atoms with Crippen LogP contribution >= 0.6 is 23.1 Å². The maximum Gasteiger partial charge on any atom is 0.126 e. The molecule has 0 saturated heterocycles. The van der Waals surface area contributed by atoms with Gasteiger partial charge in [0, 0.05) is 11.1 Å². The molecule has 0 bridgehead atoms. The lowest BCUT2D eigenvalue weighted by Gasteiger charge is -2.19. The normalized spacial score (nSPS) is 14.4. The molecular formula is C19H23N3S2. The fourth-order valence-electron chi connectivity index (χ4n) is 3.66. The van der Waals surface area contributed by atoms with Gasteiger partial charge in [0.05, 0.1) is 10.2 Å². The Labute approximate surface area is 151 Å². The largest absolute Gasteiger partial charge is 0.242 e. The fraction of sp³-hybridized carbons (Fsp3) is 0.526. The molecule has 3 nitrogen and oxygen atoms in total. The van der Waals surface area contributed by atoms with E-state index in [-0.39, 0.29) is 0 Å². The average molecular weight is 358 g/mol. The molecule has 0 fully saturated rings. The number of aryl methyl sites for hydroxylation is 2. The van der Waals surface area contributed by atoms with Crippen molar-refractivity contribution in [2.24, 2.45) is 0 Å². The predicted octanol–water partition coefficient (Wildman–Crippen LogP) is 5.57. The molecule has 0 atom stereocenters. The van der Waals surface area contributed by atoms with Crippen LogP contribution in [0.2, 0.25) is 0 Å². The second-order valence-electron chi connectivity index (χ2n) is 6.46. The summed E-state index contributed by atoms with van der Waals surface area (Å²) in [4.78, 5) is 15.5. The first-order valence-electron chi connectivity index (χ1n) is 9.04. The van der Waals surface area contributed by atoms with Gasteiger partial charge in [-0.25, -0.2) is 15.0 Å². The molecule has 4 rings (SSSR count). The Kier molecular flexibility index (Phi) is 4.72. The molecule has 0 radical (unpaired) electrons. The first-order chi connectivity index (χ1) is 11.8. The Morgan fingerprint density at radius 3 is 2.71 bits per heavy atom. The van der Waals surface area contributed by atoms with Crippen molar-refractivity contribution in [1.82, 2.24) is 15.0 Å². The lowest BCUT2D eigenvalue weighted by molar-refractivity contribution is 0.675. The Morgan fingerprint density at radius 2 is 1.92 bits per heavy atom. The number of rotatable bonds is 5. The van der Waals surface area contributed by atoms with Crippen LogP contribution in [0.15, 0.2) is 11.4 Å². The van der Waals surface area contributed by atoms with Gasteiger partial charge in [-0.05, 0) is 55.4 Å². The SMILES string of the molecule is CCCSc1ncnc2c1sc1nc(CCC)c3c(c12)CCCC3. The minimum Gasteiger partial charge on any atom is -0.242 e. The maximum absolute atomic E-state index is 5.08. The Bertz CT molecular complexity index is 885. The van der Waals surface area contributed by atoms with Crippen LogP contribution < -0.4 is 0 Å². The average Bonchev–Trinajstić information content (AvgIpc) is 2.99. The van der Waals surface area contributed by atoms with Crippen LogP contribution in [-0.2, 0) is 19.3 Å². The molecule has 0 amide bonds. The van der Waals surface area contributed by atoms with E-state index in [9.17, 15) is 0 Å². The Morgan fingerprint density at radius 1 is 1.08 bits per heavy atom. The van der Waals surface area contributed by atoms with Gasteiger partial charge in [0.1, 0.15) is 16.2 Å². The summed E-state index contributed by atoms with van der Waals surface area (Å²) >= 11 is 3.64. The van der Waals surface area contributed by atoms with Gasteiger partial charge in [-0.15, -0.1) is 23.1 Å². The van der Waals surface area contributed by atoms with E-state index in [0.29, 0.717) is 0 Å². The van der Waals surface area contributed by atoms with Crippen LogP contribution in [-0.4, -0.2) is 20.7 Å². The van der Waals surface area contributed by atoms with Crippen molar-refractivity contribution >= 4 is 43.5 Å². The van der Waals surface area contributed by atoms with Crippen molar-refractivity contribution in [3.8, 4) is 0 Å². The molecule has 0 spiro atoms. The van der Waals surface area contributed by atoms with Crippen LogP contribution in [0, 0.1) is 0 Å². The van der Waals surface area contributed by atoms with E-state index in [1.807, 2.05) is 11.8 Å². The zero-order chi connectivity index (χ0) is 16.5. The molecule has 3 heterocycles. The maximum atomic E-state index is 5.08. The molecule has 5 heteroatoms. The van der Waals surface area contributed by atoms with E-state index < -0.39 is 0 Å². The van der Waals surface area contributed by atoms with Crippen molar-refractivity contribution in [3.05, 3.63) is 23.1 Å². The number of thioether (sulfide) groups is 1. The summed E-state index contributed by atoms with van der Waals surface area (Å²) < 4.78 is 1.24. The second-order valence-corrected chi connectivity index (χ2v) is 8.54. The number of thiophene rings is 1. The predicted molar refractivity (Wildman–Crippen MR) is 104 cm³/mol. The quantitative estimate of drug-likeness (QED) is 0.442. The Hall–Kier alpha value is -1.20. The molecule has 3 aromatic rings. The molecule has 1 aliphatic carbocycles. The molecule has 1 aliphatic rings. The third kappa shape index (κ3) is 2.72. The minimum atomic E-state index is 1.09. The van der Waals surface area contributed by atoms with E-state index >= 15 is 0 Å². The van der Waals surface area contributed by atoms with E-state index in [1.165, 1.54) is 57.4 Å². The highest BCUT2D eigenvalue weighted by atomic mass is 32.2. The summed E-state index contributed by atoms with van der Waals surface area (Å²) in [5, 5.41) is 2.46. The van der Waals surface area contributed by atoms with Gasteiger partial charge < -0.3 is 0 Å². The molecular weight excluding hydrogens is 334 g/mol. The summed E-state index contributed by atoms with van der Waals surface area (Å²) in [6.07, 6.45) is 10.1. The van der Waals surface area contributed by atoms with Crippen LogP contribution in [0.5, 0.6) is 0 Å². The number of nitrogens with zero attached hydrogens (tertiary/aromatic N) is 3. The van der Waals surface area contributed by atoms with Crippen molar-refractivity contribution in [2.45, 2.75) is 63.8 Å².